The van der Waals surface area contributed by atoms with Crippen LogP contribution in [0.25, 0.3) is 0 Å². The Balaban J connectivity index is 2.42. The van der Waals surface area contributed by atoms with E-state index in [0.29, 0.717) is 19.4 Å². The molecule has 2 N–H and O–H groups in total. The van der Waals surface area contributed by atoms with Gasteiger partial charge in [-0.2, -0.15) is 0 Å². The molecule has 5 nitrogen and oxygen atoms in total. The zero-order valence-electron chi connectivity index (χ0n) is 9.95. The average Bonchev–Trinajstić information content (AvgIpc) is 2.15. The number of piperidine rings is 1. The van der Waals surface area contributed by atoms with Crippen LogP contribution in [-0.4, -0.2) is 35.2 Å². The van der Waals surface area contributed by atoms with Gasteiger partial charge in [-0.1, -0.05) is 0 Å². The van der Waals surface area contributed by atoms with Gasteiger partial charge in [0.05, 0.1) is 5.92 Å². The Morgan fingerprint density at radius 2 is 1.94 bits per heavy atom. The molecule has 1 fully saturated rings. The van der Waals surface area contributed by atoms with Crippen LogP contribution >= 0.6 is 0 Å². The Morgan fingerprint density at radius 3 is 2.31 bits per heavy atom. The van der Waals surface area contributed by atoms with Gasteiger partial charge in [0.2, 0.25) is 0 Å². The van der Waals surface area contributed by atoms with Crippen molar-refractivity contribution in [3.8, 4) is 0 Å². The van der Waals surface area contributed by atoms with Crippen molar-refractivity contribution in [3.05, 3.63) is 0 Å². The van der Waals surface area contributed by atoms with Crippen molar-refractivity contribution in [1.29, 1.82) is 0 Å². The molecular formula is C11H19NO4. The highest BCUT2D eigenvalue weighted by Gasteiger charge is 2.31. The number of aliphatic carboxylic acids is 1. The molecule has 1 saturated heterocycles. The van der Waals surface area contributed by atoms with Gasteiger partial charge in [-0.3, -0.25) is 9.59 Å². The second-order valence-corrected chi connectivity index (χ2v) is 5.11. The molecule has 1 aliphatic heterocycles. The van der Waals surface area contributed by atoms with E-state index in [-0.39, 0.29) is 12.0 Å². The first kappa shape index (κ1) is 13.0. The Kier molecular flexibility index (Phi) is 3.91. The first-order valence-electron chi connectivity index (χ1n) is 5.48. The van der Waals surface area contributed by atoms with Gasteiger partial charge >= 0.3 is 11.9 Å². The minimum Gasteiger partial charge on any atom is -0.481 e. The molecule has 0 spiro atoms. The van der Waals surface area contributed by atoms with E-state index in [9.17, 15) is 9.59 Å². The quantitative estimate of drug-likeness (QED) is 0.684. The predicted molar refractivity (Wildman–Crippen MR) is 58.0 cm³/mol. The molecule has 0 radical (unpaired) electrons. The van der Waals surface area contributed by atoms with E-state index in [4.69, 9.17) is 9.84 Å². The predicted octanol–water partition coefficient (Wildman–Crippen LogP) is 0.781. The van der Waals surface area contributed by atoms with Crippen LogP contribution in [0.3, 0.4) is 0 Å². The maximum Gasteiger partial charge on any atom is 0.323 e. The molecule has 2 unspecified atom stereocenters. The Hall–Kier alpha value is -1.10. The number of nitrogens with one attached hydrogen (secondary N) is 1. The van der Waals surface area contributed by atoms with Gasteiger partial charge in [-0.05, 0) is 33.6 Å². The molecule has 0 aliphatic carbocycles. The first-order valence-corrected chi connectivity index (χ1v) is 5.48. The van der Waals surface area contributed by atoms with Crippen LogP contribution in [0, 0.1) is 5.92 Å². The number of carboxylic acids is 1. The summed E-state index contributed by atoms with van der Waals surface area (Å²) in [6.07, 6.45) is 1.04. The molecule has 1 rings (SSSR count). The standard InChI is InChI=1S/C11H19NO4/c1-11(2,3)16-10(15)8-5-4-7(6-12-8)9(13)14/h7-8,12H,4-6H2,1-3H3,(H,13,14). The first-order chi connectivity index (χ1) is 7.29. The second-order valence-electron chi connectivity index (χ2n) is 5.11. The van der Waals surface area contributed by atoms with E-state index >= 15 is 0 Å². The number of rotatable bonds is 2. The molecule has 0 aromatic rings. The fourth-order valence-corrected chi connectivity index (χ4v) is 1.64. The lowest BCUT2D eigenvalue weighted by Crippen LogP contribution is -2.48. The van der Waals surface area contributed by atoms with E-state index in [0.717, 1.165) is 0 Å². The molecule has 16 heavy (non-hydrogen) atoms. The molecule has 0 bridgehead atoms. The van der Waals surface area contributed by atoms with E-state index in [1.54, 1.807) is 0 Å². The number of carboxylic acid groups (broad SMARTS) is 1. The van der Waals surface area contributed by atoms with Crippen molar-refractivity contribution in [3.63, 3.8) is 0 Å². The summed E-state index contributed by atoms with van der Waals surface area (Å²) in [6.45, 7) is 5.77. The number of carbonyl (C=O) groups is 2. The maximum atomic E-state index is 11.7. The van der Waals surface area contributed by atoms with Crippen LogP contribution in [0.1, 0.15) is 33.6 Å². The fraction of sp³-hybridized carbons (Fsp3) is 0.818. The van der Waals surface area contributed by atoms with E-state index in [1.807, 2.05) is 20.8 Å². The van der Waals surface area contributed by atoms with Gasteiger partial charge in [-0.15, -0.1) is 0 Å². The molecule has 0 saturated carbocycles. The Bertz CT molecular complexity index is 274. The van der Waals surface area contributed by atoms with Crippen molar-refractivity contribution in [2.24, 2.45) is 5.92 Å². The summed E-state index contributed by atoms with van der Waals surface area (Å²) in [5.74, 6) is -1.50. The van der Waals surface area contributed by atoms with Crippen LogP contribution in [0.15, 0.2) is 0 Å². The van der Waals surface area contributed by atoms with Crippen LogP contribution in [0.4, 0.5) is 0 Å². The van der Waals surface area contributed by atoms with Crippen LogP contribution in [0.2, 0.25) is 0 Å². The molecular weight excluding hydrogens is 210 g/mol. The van der Waals surface area contributed by atoms with Crippen LogP contribution < -0.4 is 5.32 Å². The fourth-order valence-electron chi connectivity index (χ4n) is 1.64. The third-order valence-corrected chi connectivity index (χ3v) is 2.45. The van der Waals surface area contributed by atoms with Gasteiger partial charge in [0.15, 0.2) is 0 Å². The Morgan fingerprint density at radius 1 is 1.31 bits per heavy atom. The van der Waals surface area contributed by atoms with Crippen molar-refractivity contribution in [2.75, 3.05) is 6.54 Å². The molecule has 92 valence electrons. The topological polar surface area (TPSA) is 75.6 Å². The maximum absolute atomic E-state index is 11.7. The Labute approximate surface area is 95.2 Å². The highest BCUT2D eigenvalue weighted by Crippen LogP contribution is 2.17. The summed E-state index contributed by atoms with van der Waals surface area (Å²) in [7, 11) is 0. The van der Waals surface area contributed by atoms with E-state index in [2.05, 4.69) is 5.32 Å². The lowest BCUT2D eigenvalue weighted by molar-refractivity contribution is -0.159. The number of ether oxygens (including phenoxy) is 1. The lowest BCUT2D eigenvalue weighted by atomic mass is 9.95. The number of esters is 1. The highest BCUT2D eigenvalue weighted by molar-refractivity contribution is 5.77. The van der Waals surface area contributed by atoms with Gasteiger partial charge in [-0.25, -0.2) is 0 Å². The second kappa shape index (κ2) is 4.82. The number of hydrogen-bond donors (Lipinski definition) is 2. The van der Waals surface area contributed by atoms with Crippen molar-refractivity contribution in [2.45, 2.75) is 45.3 Å². The number of carbonyl (C=O) groups excluding carboxylic acids is 1. The summed E-state index contributed by atoms with van der Waals surface area (Å²) in [5, 5.41) is 11.7. The zero-order valence-corrected chi connectivity index (χ0v) is 9.95. The largest absolute Gasteiger partial charge is 0.481 e. The summed E-state index contributed by atoms with van der Waals surface area (Å²) < 4.78 is 5.22. The van der Waals surface area contributed by atoms with Gasteiger partial charge in [0, 0.05) is 6.54 Å². The minimum atomic E-state index is -0.810. The summed E-state index contributed by atoms with van der Waals surface area (Å²) in [4.78, 5) is 22.4. The smallest absolute Gasteiger partial charge is 0.323 e. The summed E-state index contributed by atoms with van der Waals surface area (Å²) in [5.41, 5.74) is -0.498. The monoisotopic (exact) mass is 229 g/mol. The summed E-state index contributed by atoms with van der Waals surface area (Å²) >= 11 is 0. The zero-order chi connectivity index (χ0) is 12.3. The van der Waals surface area contributed by atoms with Gasteiger partial charge in [0.1, 0.15) is 11.6 Å². The lowest BCUT2D eigenvalue weighted by Gasteiger charge is -2.29. The molecule has 1 aliphatic rings. The van der Waals surface area contributed by atoms with E-state index < -0.39 is 17.5 Å². The summed E-state index contributed by atoms with van der Waals surface area (Å²) in [6, 6.07) is -0.366. The van der Waals surface area contributed by atoms with E-state index in [1.165, 1.54) is 0 Å². The van der Waals surface area contributed by atoms with Crippen molar-refractivity contribution >= 4 is 11.9 Å². The SMILES string of the molecule is CC(C)(C)OC(=O)C1CCC(C(=O)O)CN1. The minimum absolute atomic E-state index is 0.295. The number of hydrogen-bond acceptors (Lipinski definition) is 4. The molecule has 0 amide bonds. The molecule has 5 heteroatoms. The average molecular weight is 229 g/mol. The van der Waals surface area contributed by atoms with Crippen LogP contribution in [0.5, 0.6) is 0 Å². The molecule has 0 aromatic carbocycles. The van der Waals surface area contributed by atoms with Crippen molar-refractivity contribution in [1.82, 2.24) is 5.32 Å². The van der Waals surface area contributed by atoms with Gasteiger partial charge < -0.3 is 15.2 Å². The normalized spacial score (nSPS) is 26.2. The third kappa shape index (κ3) is 3.81. The molecule has 2 atom stereocenters. The van der Waals surface area contributed by atoms with Crippen LogP contribution in [-0.2, 0) is 14.3 Å². The third-order valence-electron chi connectivity index (χ3n) is 2.45. The highest BCUT2D eigenvalue weighted by atomic mass is 16.6. The molecule has 1 heterocycles. The van der Waals surface area contributed by atoms with Gasteiger partial charge in [0.25, 0.3) is 0 Å². The van der Waals surface area contributed by atoms with Crippen molar-refractivity contribution < 1.29 is 19.4 Å². The molecule has 0 aromatic heterocycles.